The summed E-state index contributed by atoms with van der Waals surface area (Å²) >= 11 is 0. The van der Waals surface area contributed by atoms with Gasteiger partial charge in [-0.2, -0.15) is 0 Å². The molecule has 5 heteroatoms. The van der Waals surface area contributed by atoms with Gasteiger partial charge in [-0.25, -0.2) is 0 Å². The molecule has 0 aliphatic heterocycles. The number of rotatable bonds is 5. The maximum absolute atomic E-state index is 9.77. The van der Waals surface area contributed by atoms with Crippen molar-refractivity contribution in [1.29, 1.82) is 0 Å². The van der Waals surface area contributed by atoms with Gasteiger partial charge in [0.1, 0.15) is 6.61 Å². The Morgan fingerprint density at radius 3 is 2.78 bits per heavy atom. The summed E-state index contributed by atoms with van der Waals surface area (Å²) in [6.07, 6.45) is 6.05. The van der Waals surface area contributed by atoms with Crippen LogP contribution in [0, 0.1) is 11.3 Å². The lowest BCUT2D eigenvalue weighted by atomic mass is 9.50. The van der Waals surface area contributed by atoms with Crippen LogP contribution in [-0.4, -0.2) is 30.3 Å². The summed E-state index contributed by atoms with van der Waals surface area (Å²) in [5, 5.41) is 17.7. The van der Waals surface area contributed by atoms with Crippen LogP contribution in [0.2, 0.25) is 0 Å². The second-order valence-corrected chi connectivity index (χ2v) is 8.90. The molecule has 148 valence electrons. The zero-order chi connectivity index (χ0) is 19.7. The molecular formula is C22H33N3O2. The predicted octanol–water partition coefficient (Wildman–Crippen LogP) is 4.42. The van der Waals surface area contributed by atoms with Gasteiger partial charge in [0.25, 0.3) is 0 Å². The minimum atomic E-state index is -0.105. The minimum absolute atomic E-state index is 0.0337. The summed E-state index contributed by atoms with van der Waals surface area (Å²) in [5.41, 5.74) is 9.91. The van der Waals surface area contributed by atoms with Crippen LogP contribution >= 0.6 is 0 Å². The number of fused-ring (bicyclic) bond motifs is 3. The van der Waals surface area contributed by atoms with Crippen molar-refractivity contribution in [3.8, 4) is 0 Å². The van der Waals surface area contributed by atoms with Crippen LogP contribution in [0.15, 0.2) is 28.5 Å². The molecule has 0 amide bonds. The van der Waals surface area contributed by atoms with E-state index in [0.717, 1.165) is 37.0 Å². The fraction of sp³-hybridized carbons (Fsp3) is 0.636. The highest BCUT2D eigenvalue weighted by atomic mass is 16.6. The molecule has 0 spiro atoms. The molecule has 2 aliphatic carbocycles. The smallest absolute Gasteiger partial charge is 0.129 e. The van der Waals surface area contributed by atoms with E-state index in [4.69, 9.17) is 10.6 Å². The molecule has 0 radical (unpaired) electrons. The second kappa shape index (κ2) is 7.63. The van der Waals surface area contributed by atoms with Crippen LogP contribution in [0.4, 0.5) is 0 Å². The van der Waals surface area contributed by atoms with Crippen molar-refractivity contribution in [3.05, 3.63) is 34.9 Å². The highest BCUT2D eigenvalue weighted by molar-refractivity contribution is 6.03. The lowest BCUT2D eigenvalue weighted by Crippen LogP contribution is -2.51. The maximum Gasteiger partial charge on any atom is 0.129 e. The molecule has 0 aromatic heterocycles. The van der Waals surface area contributed by atoms with E-state index < -0.39 is 0 Å². The van der Waals surface area contributed by atoms with Crippen molar-refractivity contribution in [3.63, 3.8) is 0 Å². The third kappa shape index (κ3) is 3.49. The van der Waals surface area contributed by atoms with E-state index in [1.807, 2.05) is 6.21 Å². The third-order valence-corrected chi connectivity index (χ3v) is 6.76. The second-order valence-electron chi connectivity index (χ2n) is 8.90. The highest BCUT2D eigenvalue weighted by Crippen LogP contribution is 2.56. The van der Waals surface area contributed by atoms with Crippen molar-refractivity contribution >= 4 is 11.9 Å². The average Bonchev–Trinajstić information content (AvgIpc) is 2.65. The Morgan fingerprint density at radius 1 is 1.33 bits per heavy atom. The predicted molar refractivity (Wildman–Crippen MR) is 110 cm³/mol. The minimum Gasteiger partial charge on any atom is -0.411 e. The van der Waals surface area contributed by atoms with Crippen LogP contribution in [-0.2, 0) is 10.3 Å². The highest BCUT2D eigenvalue weighted by Gasteiger charge is 2.53. The Kier molecular flexibility index (Phi) is 5.61. The lowest BCUT2D eigenvalue weighted by molar-refractivity contribution is 0.0910. The van der Waals surface area contributed by atoms with Gasteiger partial charge in [0.05, 0.1) is 5.71 Å². The van der Waals surface area contributed by atoms with Crippen molar-refractivity contribution in [2.75, 3.05) is 13.2 Å². The summed E-state index contributed by atoms with van der Waals surface area (Å²) < 4.78 is 0. The van der Waals surface area contributed by atoms with E-state index in [1.54, 1.807) is 0 Å². The van der Waals surface area contributed by atoms with Gasteiger partial charge in [0.15, 0.2) is 0 Å². The molecule has 0 bridgehead atoms. The Balaban J connectivity index is 2.04. The molecule has 3 rings (SSSR count). The molecule has 0 unspecified atom stereocenters. The fourth-order valence-corrected chi connectivity index (χ4v) is 5.17. The van der Waals surface area contributed by atoms with E-state index in [0.29, 0.717) is 25.0 Å². The van der Waals surface area contributed by atoms with E-state index in [2.05, 4.69) is 56.2 Å². The fourth-order valence-electron chi connectivity index (χ4n) is 5.17. The van der Waals surface area contributed by atoms with Gasteiger partial charge in [-0.3, -0.25) is 0 Å². The first-order valence-corrected chi connectivity index (χ1v) is 10.1. The number of hydrogen-bond donors (Lipinski definition) is 2. The molecule has 5 nitrogen and oxygen atoms in total. The van der Waals surface area contributed by atoms with Gasteiger partial charge in [-0.05, 0) is 53.7 Å². The number of hydrogen-bond acceptors (Lipinski definition) is 5. The van der Waals surface area contributed by atoms with Crippen LogP contribution in [0.3, 0.4) is 0 Å². The Hall–Kier alpha value is -1.88. The summed E-state index contributed by atoms with van der Waals surface area (Å²) in [6, 6.07) is 6.72. The average molecular weight is 372 g/mol. The van der Waals surface area contributed by atoms with Crippen LogP contribution in [0.1, 0.15) is 76.0 Å². The first-order valence-electron chi connectivity index (χ1n) is 10.1. The monoisotopic (exact) mass is 371 g/mol. The Labute approximate surface area is 162 Å². The zero-order valence-corrected chi connectivity index (χ0v) is 17.0. The van der Waals surface area contributed by atoms with Crippen molar-refractivity contribution < 1.29 is 10.0 Å². The molecule has 1 aromatic rings. The number of nitrogens with two attached hydrogens (primary N) is 1. The molecule has 27 heavy (non-hydrogen) atoms. The van der Waals surface area contributed by atoms with Gasteiger partial charge in [0, 0.05) is 23.7 Å². The quantitative estimate of drug-likeness (QED) is 0.348. The maximum atomic E-state index is 9.77. The summed E-state index contributed by atoms with van der Waals surface area (Å²) in [5.74, 6) is 0.761. The molecule has 1 saturated carbocycles. The largest absolute Gasteiger partial charge is 0.411 e. The molecular weight excluding hydrogens is 338 g/mol. The summed E-state index contributed by atoms with van der Waals surface area (Å²) in [6.45, 7) is 9.90. The summed E-state index contributed by atoms with van der Waals surface area (Å²) in [7, 11) is 0. The SMILES string of the molecule is CC(C)c1ccc2c(c1)/C(=N\O)C[C@H]1[C@](C)(/C=N/OCCN)CCC[C@]21C. The molecule has 0 saturated heterocycles. The van der Waals surface area contributed by atoms with Crippen molar-refractivity contribution in [1.82, 2.24) is 0 Å². The van der Waals surface area contributed by atoms with E-state index in [-0.39, 0.29) is 10.8 Å². The van der Waals surface area contributed by atoms with Gasteiger partial charge in [-0.15, -0.1) is 0 Å². The first-order chi connectivity index (χ1) is 12.9. The lowest BCUT2D eigenvalue weighted by Gasteiger charge is -2.54. The van der Waals surface area contributed by atoms with E-state index in [9.17, 15) is 5.21 Å². The van der Waals surface area contributed by atoms with Gasteiger partial charge >= 0.3 is 0 Å². The summed E-state index contributed by atoms with van der Waals surface area (Å²) in [4.78, 5) is 5.29. The Bertz CT molecular complexity index is 743. The number of nitrogens with zero attached hydrogens (tertiary/aromatic N) is 2. The normalized spacial score (nSPS) is 31.9. The standard InChI is InChI=1S/C22H33N3O2/c1-15(2)16-6-7-18-17(12-16)19(25-26)13-20-21(3,14-24-27-11-10-23)8-5-9-22(18,20)4/h6-7,12,14-15,20,26H,5,8-11,13,23H2,1-4H3/b24-14+,25-19-/t20-,21-,22+/m0/s1. The van der Waals surface area contributed by atoms with Gasteiger partial charge < -0.3 is 15.8 Å². The van der Waals surface area contributed by atoms with Crippen LogP contribution < -0.4 is 5.73 Å². The zero-order valence-electron chi connectivity index (χ0n) is 17.0. The van der Waals surface area contributed by atoms with Crippen LogP contribution in [0.25, 0.3) is 0 Å². The van der Waals surface area contributed by atoms with Gasteiger partial charge in [0.2, 0.25) is 0 Å². The van der Waals surface area contributed by atoms with E-state index >= 15 is 0 Å². The number of benzene rings is 1. The first kappa shape index (κ1) is 19.9. The molecule has 1 fully saturated rings. The van der Waals surface area contributed by atoms with Gasteiger partial charge in [-0.1, -0.05) is 56.6 Å². The molecule has 2 aliphatic rings. The number of oxime groups is 2. The van der Waals surface area contributed by atoms with Crippen molar-refractivity contribution in [2.24, 2.45) is 27.4 Å². The molecule has 3 N–H and O–H groups in total. The molecule has 3 atom stereocenters. The molecule has 1 aromatic carbocycles. The topological polar surface area (TPSA) is 80.2 Å². The Morgan fingerprint density at radius 2 is 2.11 bits per heavy atom. The van der Waals surface area contributed by atoms with E-state index in [1.165, 1.54) is 11.1 Å². The molecule has 0 heterocycles. The van der Waals surface area contributed by atoms with Crippen molar-refractivity contribution in [2.45, 2.75) is 64.7 Å². The third-order valence-electron chi connectivity index (χ3n) is 6.76. The van der Waals surface area contributed by atoms with Crippen LogP contribution in [0.5, 0.6) is 0 Å².